The third kappa shape index (κ3) is 51.2. The number of hydrogen-bond acceptors (Lipinski definition) is 6. The lowest BCUT2D eigenvalue weighted by atomic mass is 10.1. The first-order valence-corrected chi connectivity index (χ1v) is 26.7. The van der Waals surface area contributed by atoms with E-state index in [0.29, 0.717) is 19.3 Å². The Morgan fingerprint density at radius 1 is 0.323 bits per heavy atom. The molecule has 65 heavy (non-hydrogen) atoms. The molecule has 0 aliphatic rings. The molecule has 0 aliphatic carbocycles. The molecule has 0 spiro atoms. The highest BCUT2D eigenvalue weighted by atomic mass is 16.6. The van der Waals surface area contributed by atoms with Gasteiger partial charge in [-0.05, 0) is 96.3 Å². The van der Waals surface area contributed by atoms with Crippen molar-refractivity contribution in [2.24, 2.45) is 0 Å². The highest BCUT2D eigenvalue weighted by Gasteiger charge is 2.19. The molecule has 1 unspecified atom stereocenters. The van der Waals surface area contributed by atoms with Gasteiger partial charge in [0.15, 0.2) is 6.10 Å². The van der Waals surface area contributed by atoms with Crippen LogP contribution in [0.1, 0.15) is 239 Å². The first kappa shape index (κ1) is 61.3. The van der Waals surface area contributed by atoms with Crippen molar-refractivity contribution in [2.75, 3.05) is 13.2 Å². The molecule has 0 aromatic heterocycles. The molecule has 1 atom stereocenters. The van der Waals surface area contributed by atoms with Gasteiger partial charge in [-0.15, -0.1) is 0 Å². The van der Waals surface area contributed by atoms with Crippen molar-refractivity contribution in [1.29, 1.82) is 0 Å². The molecule has 0 aliphatic heterocycles. The van der Waals surface area contributed by atoms with Gasteiger partial charge < -0.3 is 14.2 Å². The average Bonchev–Trinajstić information content (AvgIpc) is 3.30. The number of carbonyl (C=O) groups excluding carboxylic acids is 3. The van der Waals surface area contributed by atoms with Crippen LogP contribution >= 0.6 is 0 Å². The fraction of sp³-hybridized carbons (Fsp3) is 0.678. The Labute approximate surface area is 400 Å². The minimum Gasteiger partial charge on any atom is -0.462 e. The Morgan fingerprint density at radius 2 is 0.631 bits per heavy atom. The molecule has 0 amide bonds. The van der Waals surface area contributed by atoms with Crippen LogP contribution < -0.4 is 0 Å². The van der Waals surface area contributed by atoms with E-state index in [1.54, 1.807) is 0 Å². The van der Waals surface area contributed by atoms with Gasteiger partial charge in [0.25, 0.3) is 0 Å². The molecule has 0 aromatic rings. The van der Waals surface area contributed by atoms with Crippen molar-refractivity contribution in [3.8, 4) is 0 Å². The Kier molecular flexibility index (Phi) is 50.0. The maximum atomic E-state index is 12.7. The summed E-state index contributed by atoms with van der Waals surface area (Å²) in [6, 6.07) is 0. The van der Waals surface area contributed by atoms with E-state index >= 15 is 0 Å². The summed E-state index contributed by atoms with van der Waals surface area (Å²) in [5.74, 6) is -0.914. The van der Waals surface area contributed by atoms with Gasteiger partial charge >= 0.3 is 17.9 Å². The van der Waals surface area contributed by atoms with E-state index in [1.165, 1.54) is 70.6 Å². The van der Waals surface area contributed by atoms with Gasteiger partial charge in [0.05, 0.1) is 0 Å². The summed E-state index contributed by atoms with van der Waals surface area (Å²) in [6.45, 7) is 6.40. The van der Waals surface area contributed by atoms with Crippen molar-refractivity contribution in [1.82, 2.24) is 0 Å². The van der Waals surface area contributed by atoms with E-state index in [2.05, 4.69) is 118 Å². The number of rotatable bonds is 47. The van der Waals surface area contributed by atoms with Crippen LogP contribution in [0.15, 0.2) is 97.2 Å². The summed E-state index contributed by atoms with van der Waals surface area (Å²) in [6.07, 6.45) is 69.9. The Bertz CT molecular complexity index is 1310. The molecular formula is C59H98O6. The second-order valence-corrected chi connectivity index (χ2v) is 17.4. The van der Waals surface area contributed by atoms with Gasteiger partial charge in [-0.1, -0.05) is 221 Å². The molecule has 0 bridgehead atoms. The second-order valence-electron chi connectivity index (χ2n) is 17.4. The Morgan fingerprint density at radius 3 is 1.02 bits per heavy atom. The first-order valence-electron chi connectivity index (χ1n) is 26.7. The number of ether oxygens (including phenoxy) is 3. The quantitative estimate of drug-likeness (QED) is 0.0262. The summed E-state index contributed by atoms with van der Waals surface area (Å²) in [4.78, 5) is 37.8. The Balaban J connectivity index is 4.16. The van der Waals surface area contributed by atoms with Crippen molar-refractivity contribution >= 4 is 17.9 Å². The lowest BCUT2D eigenvalue weighted by molar-refractivity contribution is -0.167. The van der Waals surface area contributed by atoms with Gasteiger partial charge in [0.1, 0.15) is 13.2 Å². The van der Waals surface area contributed by atoms with Crippen molar-refractivity contribution in [2.45, 2.75) is 245 Å². The number of hydrogen-bond donors (Lipinski definition) is 0. The summed E-state index contributed by atoms with van der Waals surface area (Å²) < 4.78 is 16.7. The topological polar surface area (TPSA) is 78.9 Å². The molecule has 0 heterocycles. The van der Waals surface area contributed by atoms with Crippen LogP contribution in [-0.4, -0.2) is 37.2 Å². The molecule has 370 valence electrons. The maximum Gasteiger partial charge on any atom is 0.306 e. The van der Waals surface area contributed by atoms with Crippen molar-refractivity contribution < 1.29 is 28.6 Å². The van der Waals surface area contributed by atoms with Crippen LogP contribution in [0, 0.1) is 0 Å². The SMILES string of the molecule is CC/C=C\C/C=C\C/C=C\C/C=C\C/C=C\C/C=C\C/C=C\CCCCCCCCCC(=O)OCC(COC(=O)CCCCCCCCCC)OC(=O)CCCCCCC/C=C\CCC. The molecule has 0 saturated heterocycles. The minimum absolute atomic E-state index is 0.0836. The average molecular weight is 903 g/mol. The molecule has 6 nitrogen and oxygen atoms in total. The molecule has 0 saturated carbocycles. The lowest BCUT2D eigenvalue weighted by Gasteiger charge is -2.18. The lowest BCUT2D eigenvalue weighted by Crippen LogP contribution is -2.30. The molecular weight excluding hydrogens is 805 g/mol. The molecule has 0 aromatic carbocycles. The number of allylic oxidation sites excluding steroid dienone is 16. The standard InChI is InChI=1S/C59H98O6/c1-4-7-10-13-16-19-21-22-23-24-25-26-27-28-29-30-31-32-33-34-35-36-37-38-39-41-43-46-49-52-58(61)64-55-56(54-63-57(60)51-48-45-42-18-15-12-9-6-3)65-59(62)53-50-47-44-40-20-17-14-11-8-5-2/h7,10-11,14,16,19,22-23,25-26,28-29,31-32,34-35,56H,4-6,8-9,12-13,15,17-18,20-21,24,27,30,33,36-55H2,1-3H3/b10-7-,14-11-,19-16-,23-22-,26-25-,29-28-,32-31-,35-34-. The maximum absolute atomic E-state index is 12.7. The van der Waals surface area contributed by atoms with Crippen LogP contribution in [0.2, 0.25) is 0 Å². The fourth-order valence-electron chi connectivity index (χ4n) is 7.07. The van der Waals surface area contributed by atoms with Crippen molar-refractivity contribution in [3.63, 3.8) is 0 Å². The predicted molar refractivity (Wildman–Crippen MR) is 279 cm³/mol. The van der Waals surface area contributed by atoms with E-state index in [4.69, 9.17) is 14.2 Å². The van der Waals surface area contributed by atoms with E-state index in [-0.39, 0.29) is 31.1 Å². The van der Waals surface area contributed by atoms with E-state index in [0.717, 1.165) is 128 Å². The minimum atomic E-state index is -0.782. The zero-order valence-electron chi connectivity index (χ0n) is 42.2. The fourth-order valence-corrected chi connectivity index (χ4v) is 7.07. The third-order valence-electron chi connectivity index (χ3n) is 11.1. The summed E-state index contributed by atoms with van der Waals surface area (Å²) in [5, 5.41) is 0. The Hall–Kier alpha value is -3.67. The van der Waals surface area contributed by atoms with E-state index in [9.17, 15) is 14.4 Å². The van der Waals surface area contributed by atoms with Crippen LogP contribution in [0.4, 0.5) is 0 Å². The summed E-state index contributed by atoms with van der Waals surface area (Å²) in [5.41, 5.74) is 0. The van der Waals surface area contributed by atoms with Crippen LogP contribution in [0.3, 0.4) is 0 Å². The van der Waals surface area contributed by atoms with Gasteiger partial charge in [0.2, 0.25) is 0 Å². The number of carbonyl (C=O) groups is 3. The highest BCUT2D eigenvalue weighted by molar-refractivity contribution is 5.71. The van der Waals surface area contributed by atoms with Gasteiger partial charge in [-0.25, -0.2) is 0 Å². The largest absolute Gasteiger partial charge is 0.462 e. The molecule has 0 rings (SSSR count). The smallest absolute Gasteiger partial charge is 0.306 e. The zero-order chi connectivity index (χ0) is 47.2. The predicted octanol–water partition coefficient (Wildman–Crippen LogP) is 17.8. The second kappa shape index (κ2) is 52.9. The van der Waals surface area contributed by atoms with E-state index in [1.807, 2.05) is 0 Å². The van der Waals surface area contributed by atoms with Crippen molar-refractivity contribution in [3.05, 3.63) is 97.2 Å². The first-order chi connectivity index (χ1) is 32.0. The number of unbranched alkanes of at least 4 members (excludes halogenated alkanes) is 20. The van der Waals surface area contributed by atoms with Crippen LogP contribution in [-0.2, 0) is 28.6 Å². The highest BCUT2D eigenvalue weighted by Crippen LogP contribution is 2.14. The van der Waals surface area contributed by atoms with Crippen LogP contribution in [0.25, 0.3) is 0 Å². The monoisotopic (exact) mass is 903 g/mol. The summed E-state index contributed by atoms with van der Waals surface area (Å²) in [7, 11) is 0. The summed E-state index contributed by atoms with van der Waals surface area (Å²) >= 11 is 0. The molecule has 0 radical (unpaired) electrons. The van der Waals surface area contributed by atoms with Gasteiger partial charge in [0, 0.05) is 19.3 Å². The van der Waals surface area contributed by atoms with E-state index < -0.39 is 6.10 Å². The zero-order valence-corrected chi connectivity index (χ0v) is 42.2. The normalized spacial score (nSPS) is 12.8. The van der Waals surface area contributed by atoms with Gasteiger partial charge in [-0.2, -0.15) is 0 Å². The third-order valence-corrected chi connectivity index (χ3v) is 11.1. The molecule has 6 heteroatoms. The molecule has 0 N–H and O–H groups in total. The number of esters is 3. The molecule has 0 fully saturated rings. The van der Waals surface area contributed by atoms with Gasteiger partial charge in [-0.3, -0.25) is 14.4 Å². The van der Waals surface area contributed by atoms with Crippen LogP contribution in [0.5, 0.6) is 0 Å².